The van der Waals surface area contributed by atoms with Crippen molar-refractivity contribution in [2.45, 2.75) is 26.3 Å². The van der Waals surface area contributed by atoms with Crippen LogP contribution in [0.1, 0.15) is 20.3 Å². The summed E-state index contributed by atoms with van der Waals surface area (Å²) in [4.78, 5) is 2.45. The van der Waals surface area contributed by atoms with Crippen molar-refractivity contribution in [2.75, 3.05) is 31.6 Å². The van der Waals surface area contributed by atoms with E-state index in [0.29, 0.717) is 12.0 Å². The van der Waals surface area contributed by atoms with E-state index in [1.165, 1.54) is 12.1 Å². The maximum Gasteiger partial charge on any atom is 0.142 e. The van der Waals surface area contributed by atoms with Gasteiger partial charge in [-0.05, 0) is 38.4 Å². The first-order chi connectivity index (χ1) is 8.76. The van der Waals surface area contributed by atoms with Crippen molar-refractivity contribution in [3.8, 4) is 5.75 Å². The normalized spacial score (nSPS) is 24.1. The van der Waals surface area contributed by atoms with Crippen LogP contribution in [-0.4, -0.2) is 32.8 Å². The molecular weight excluding hydrogens is 224 g/mol. The van der Waals surface area contributed by atoms with Crippen LogP contribution >= 0.6 is 0 Å². The molecule has 2 atom stereocenters. The van der Waals surface area contributed by atoms with Crippen molar-refractivity contribution in [2.24, 2.45) is 5.92 Å². The first-order valence-electron chi connectivity index (χ1n) is 6.90. The Kier molecular flexibility index (Phi) is 4.48. The summed E-state index contributed by atoms with van der Waals surface area (Å²) in [7, 11) is 2.06. The van der Waals surface area contributed by atoms with E-state index in [2.05, 4.69) is 42.4 Å². The molecule has 0 bridgehead atoms. The molecule has 0 aromatic heterocycles. The minimum Gasteiger partial charge on any atom is -0.492 e. The zero-order chi connectivity index (χ0) is 13.0. The van der Waals surface area contributed by atoms with Gasteiger partial charge < -0.3 is 15.0 Å². The van der Waals surface area contributed by atoms with Crippen LogP contribution in [0.5, 0.6) is 5.75 Å². The third-order valence-corrected chi connectivity index (χ3v) is 3.78. The van der Waals surface area contributed by atoms with Gasteiger partial charge in [0.15, 0.2) is 0 Å². The number of para-hydroxylation sites is 2. The summed E-state index contributed by atoms with van der Waals surface area (Å²) >= 11 is 0. The van der Waals surface area contributed by atoms with Crippen LogP contribution in [-0.2, 0) is 0 Å². The number of benzene rings is 1. The molecule has 0 spiro atoms. The highest BCUT2D eigenvalue weighted by Gasteiger charge is 2.26. The van der Waals surface area contributed by atoms with E-state index in [4.69, 9.17) is 4.74 Å². The summed E-state index contributed by atoms with van der Waals surface area (Å²) in [6.45, 7) is 7.26. The summed E-state index contributed by atoms with van der Waals surface area (Å²) in [5.41, 5.74) is 1.24. The lowest BCUT2D eigenvalue weighted by molar-refractivity contribution is 0.324. The van der Waals surface area contributed by atoms with E-state index < -0.39 is 0 Å². The highest BCUT2D eigenvalue weighted by Crippen LogP contribution is 2.31. The molecule has 1 aromatic carbocycles. The van der Waals surface area contributed by atoms with E-state index in [9.17, 15) is 0 Å². The Balaban J connectivity index is 2.12. The van der Waals surface area contributed by atoms with Gasteiger partial charge in [-0.1, -0.05) is 19.1 Å². The minimum absolute atomic E-state index is 0.639. The Labute approximate surface area is 110 Å². The SMILES string of the molecule is CCOc1ccccc1N1CCC(NC)C(C)C1. The number of hydrogen-bond acceptors (Lipinski definition) is 3. The smallest absolute Gasteiger partial charge is 0.142 e. The molecule has 1 N–H and O–H groups in total. The summed E-state index contributed by atoms with van der Waals surface area (Å²) in [6.07, 6.45) is 1.19. The third kappa shape index (κ3) is 2.78. The van der Waals surface area contributed by atoms with E-state index in [1.807, 2.05) is 13.0 Å². The van der Waals surface area contributed by atoms with Crippen LogP contribution in [0.2, 0.25) is 0 Å². The minimum atomic E-state index is 0.639. The first-order valence-corrected chi connectivity index (χ1v) is 6.90. The summed E-state index contributed by atoms with van der Waals surface area (Å²) in [5.74, 6) is 1.67. The largest absolute Gasteiger partial charge is 0.492 e. The topological polar surface area (TPSA) is 24.5 Å². The van der Waals surface area contributed by atoms with Gasteiger partial charge in [0.05, 0.1) is 12.3 Å². The van der Waals surface area contributed by atoms with Crippen LogP contribution < -0.4 is 15.0 Å². The van der Waals surface area contributed by atoms with E-state index in [1.54, 1.807) is 0 Å². The predicted octanol–water partition coefficient (Wildman–Crippen LogP) is 2.52. The number of nitrogens with zero attached hydrogens (tertiary/aromatic N) is 1. The van der Waals surface area contributed by atoms with Crippen LogP contribution in [0.3, 0.4) is 0 Å². The highest BCUT2D eigenvalue weighted by atomic mass is 16.5. The van der Waals surface area contributed by atoms with E-state index in [0.717, 1.165) is 25.4 Å². The van der Waals surface area contributed by atoms with Gasteiger partial charge >= 0.3 is 0 Å². The average Bonchev–Trinajstić information content (AvgIpc) is 2.40. The van der Waals surface area contributed by atoms with Gasteiger partial charge in [0.25, 0.3) is 0 Å². The second-order valence-corrected chi connectivity index (χ2v) is 5.01. The molecule has 1 saturated heterocycles. The Bertz CT molecular complexity index is 381. The van der Waals surface area contributed by atoms with Gasteiger partial charge in [0, 0.05) is 19.1 Å². The van der Waals surface area contributed by atoms with Gasteiger partial charge in [0.1, 0.15) is 5.75 Å². The Hall–Kier alpha value is -1.22. The quantitative estimate of drug-likeness (QED) is 0.886. The fraction of sp³-hybridized carbons (Fsp3) is 0.600. The molecule has 100 valence electrons. The maximum atomic E-state index is 5.72. The fourth-order valence-electron chi connectivity index (χ4n) is 2.79. The average molecular weight is 248 g/mol. The number of nitrogens with one attached hydrogen (secondary N) is 1. The molecule has 2 rings (SSSR count). The highest BCUT2D eigenvalue weighted by molar-refractivity contribution is 5.58. The van der Waals surface area contributed by atoms with Gasteiger partial charge in [-0.15, -0.1) is 0 Å². The van der Waals surface area contributed by atoms with Crippen LogP contribution in [0.4, 0.5) is 5.69 Å². The number of anilines is 1. The second kappa shape index (κ2) is 6.10. The lowest BCUT2D eigenvalue weighted by Crippen LogP contribution is -2.47. The lowest BCUT2D eigenvalue weighted by Gasteiger charge is -2.38. The zero-order valence-electron chi connectivity index (χ0n) is 11.6. The van der Waals surface area contributed by atoms with Gasteiger partial charge in [-0.3, -0.25) is 0 Å². The Morgan fingerprint density at radius 1 is 1.39 bits per heavy atom. The van der Waals surface area contributed by atoms with Crippen LogP contribution in [0.15, 0.2) is 24.3 Å². The molecule has 0 saturated carbocycles. The van der Waals surface area contributed by atoms with Crippen molar-refractivity contribution in [3.05, 3.63) is 24.3 Å². The lowest BCUT2D eigenvalue weighted by atomic mass is 9.93. The van der Waals surface area contributed by atoms with Gasteiger partial charge in [0.2, 0.25) is 0 Å². The molecule has 0 amide bonds. The number of rotatable bonds is 4. The molecule has 1 aliphatic rings. The maximum absolute atomic E-state index is 5.72. The molecule has 1 fully saturated rings. The van der Waals surface area contributed by atoms with Gasteiger partial charge in [-0.25, -0.2) is 0 Å². The van der Waals surface area contributed by atoms with E-state index >= 15 is 0 Å². The number of hydrogen-bond donors (Lipinski definition) is 1. The number of ether oxygens (including phenoxy) is 1. The summed E-state index contributed by atoms with van der Waals surface area (Å²) in [6, 6.07) is 9.00. The number of piperidine rings is 1. The first kappa shape index (κ1) is 13.2. The Morgan fingerprint density at radius 3 is 2.83 bits per heavy atom. The molecule has 0 aliphatic carbocycles. The van der Waals surface area contributed by atoms with E-state index in [-0.39, 0.29) is 0 Å². The fourth-order valence-corrected chi connectivity index (χ4v) is 2.79. The molecule has 3 heteroatoms. The second-order valence-electron chi connectivity index (χ2n) is 5.01. The van der Waals surface area contributed by atoms with Crippen molar-refractivity contribution < 1.29 is 4.74 Å². The molecule has 2 unspecified atom stereocenters. The predicted molar refractivity (Wildman–Crippen MR) is 76.5 cm³/mol. The third-order valence-electron chi connectivity index (χ3n) is 3.78. The summed E-state index contributed by atoms with van der Waals surface area (Å²) in [5, 5.41) is 3.41. The van der Waals surface area contributed by atoms with Crippen molar-refractivity contribution in [3.63, 3.8) is 0 Å². The molecule has 1 aliphatic heterocycles. The van der Waals surface area contributed by atoms with Crippen LogP contribution in [0, 0.1) is 5.92 Å². The molecule has 1 heterocycles. The molecule has 3 nitrogen and oxygen atoms in total. The van der Waals surface area contributed by atoms with Crippen molar-refractivity contribution in [1.82, 2.24) is 5.32 Å². The molecular formula is C15H24N2O. The monoisotopic (exact) mass is 248 g/mol. The van der Waals surface area contributed by atoms with Crippen LogP contribution in [0.25, 0.3) is 0 Å². The van der Waals surface area contributed by atoms with Crippen molar-refractivity contribution >= 4 is 5.69 Å². The standard InChI is InChI=1S/C15H24N2O/c1-4-18-15-8-6-5-7-14(15)17-10-9-13(16-3)12(2)11-17/h5-8,12-13,16H,4,9-11H2,1-3H3. The Morgan fingerprint density at radius 2 is 2.17 bits per heavy atom. The van der Waals surface area contributed by atoms with Crippen molar-refractivity contribution in [1.29, 1.82) is 0 Å². The van der Waals surface area contributed by atoms with Gasteiger partial charge in [-0.2, -0.15) is 0 Å². The molecule has 1 aromatic rings. The molecule has 0 radical (unpaired) electrons. The summed E-state index contributed by atoms with van der Waals surface area (Å²) < 4.78 is 5.72. The molecule has 18 heavy (non-hydrogen) atoms. The zero-order valence-corrected chi connectivity index (χ0v) is 11.6.